The van der Waals surface area contributed by atoms with Gasteiger partial charge in [0.05, 0.1) is 6.04 Å². The second-order valence-corrected chi connectivity index (χ2v) is 9.33. The molecule has 0 saturated carbocycles. The minimum absolute atomic E-state index is 0. The lowest BCUT2D eigenvalue weighted by Gasteiger charge is -2.39. The fourth-order valence-corrected chi connectivity index (χ4v) is 5.57. The molecular weight excluding hydrogens is 436 g/mol. The van der Waals surface area contributed by atoms with E-state index in [9.17, 15) is 14.7 Å². The molecule has 2 aliphatic rings. The van der Waals surface area contributed by atoms with Crippen molar-refractivity contribution in [2.75, 3.05) is 18.0 Å². The minimum Gasteiger partial charge on any atom is -0.465 e. The summed E-state index contributed by atoms with van der Waals surface area (Å²) in [5.74, 6) is -0.0386. The van der Waals surface area contributed by atoms with Crippen LogP contribution < -0.4 is 10.2 Å². The van der Waals surface area contributed by atoms with Gasteiger partial charge in [0.25, 0.3) is 0 Å². The van der Waals surface area contributed by atoms with Crippen LogP contribution in [0.3, 0.4) is 0 Å². The molecule has 4 rings (SSSR count). The van der Waals surface area contributed by atoms with Crippen LogP contribution in [0.15, 0.2) is 24.4 Å². The van der Waals surface area contributed by atoms with Crippen LogP contribution in [0.1, 0.15) is 56.0 Å². The van der Waals surface area contributed by atoms with Gasteiger partial charge in [-0.15, -0.1) is 23.7 Å². The SMILES string of the molecule is CC(=O)N1c2ccc(-c3ncc(CN4CCCCC4)s3)cc2[C@@H](NC(=O)O)C[C@H]1C.Cl. The van der Waals surface area contributed by atoms with Gasteiger partial charge in [0, 0.05) is 41.8 Å². The second kappa shape index (κ2) is 9.97. The normalized spacial score (nSPS) is 21.2. The van der Waals surface area contributed by atoms with Crippen molar-refractivity contribution < 1.29 is 14.7 Å². The Morgan fingerprint density at radius 1 is 1.26 bits per heavy atom. The van der Waals surface area contributed by atoms with Crippen molar-refractivity contribution in [2.45, 2.75) is 58.2 Å². The highest BCUT2D eigenvalue weighted by molar-refractivity contribution is 7.15. The zero-order valence-corrected chi connectivity index (χ0v) is 19.5. The standard InChI is InChI=1S/C22H28N4O3S.ClH/c1-14-10-19(24-22(28)29)18-11-16(6-7-20(18)26(14)15(2)27)21-23-12-17(30-21)13-25-8-4-3-5-9-25;/h6-7,11-12,14,19,24H,3-5,8-10,13H2,1-2H3,(H,28,29);1H/t14-,19+;/m1./s1. The summed E-state index contributed by atoms with van der Waals surface area (Å²) in [5.41, 5.74) is 2.56. The molecule has 7 nitrogen and oxygen atoms in total. The van der Waals surface area contributed by atoms with E-state index in [-0.39, 0.29) is 30.4 Å². The van der Waals surface area contributed by atoms with Crippen molar-refractivity contribution in [3.8, 4) is 10.6 Å². The Labute approximate surface area is 192 Å². The number of nitrogens with zero attached hydrogens (tertiary/aromatic N) is 3. The number of piperidine rings is 1. The Bertz CT molecular complexity index is 945. The first-order valence-electron chi connectivity index (χ1n) is 10.5. The monoisotopic (exact) mass is 464 g/mol. The molecule has 9 heteroatoms. The molecule has 2 atom stereocenters. The third-order valence-corrected chi connectivity index (χ3v) is 6.98. The number of hydrogen-bond acceptors (Lipinski definition) is 5. The van der Waals surface area contributed by atoms with Gasteiger partial charge in [0.2, 0.25) is 5.91 Å². The predicted molar refractivity (Wildman–Crippen MR) is 125 cm³/mol. The number of aromatic nitrogens is 1. The molecule has 168 valence electrons. The number of hydrogen-bond donors (Lipinski definition) is 2. The highest BCUT2D eigenvalue weighted by Crippen LogP contribution is 2.40. The van der Waals surface area contributed by atoms with Crippen molar-refractivity contribution in [2.24, 2.45) is 0 Å². The van der Waals surface area contributed by atoms with Gasteiger partial charge in [-0.2, -0.15) is 0 Å². The molecule has 3 heterocycles. The fourth-order valence-electron chi connectivity index (χ4n) is 4.61. The summed E-state index contributed by atoms with van der Waals surface area (Å²) in [5, 5.41) is 12.8. The van der Waals surface area contributed by atoms with E-state index in [0.717, 1.165) is 41.5 Å². The number of anilines is 1. The zero-order chi connectivity index (χ0) is 21.3. The number of halogens is 1. The van der Waals surface area contributed by atoms with Crippen molar-refractivity contribution in [3.63, 3.8) is 0 Å². The summed E-state index contributed by atoms with van der Waals surface area (Å²) < 4.78 is 0. The number of benzene rings is 1. The van der Waals surface area contributed by atoms with Gasteiger partial charge in [-0.05, 0) is 63.0 Å². The first-order chi connectivity index (χ1) is 14.4. The first kappa shape index (κ1) is 23.5. The highest BCUT2D eigenvalue weighted by atomic mass is 35.5. The molecule has 0 spiro atoms. The summed E-state index contributed by atoms with van der Waals surface area (Å²) in [6.45, 7) is 6.72. The number of carbonyl (C=O) groups excluding carboxylic acids is 1. The lowest BCUT2D eigenvalue weighted by Crippen LogP contribution is -2.45. The molecule has 2 N–H and O–H groups in total. The lowest BCUT2D eigenvalue weighted by atomic mass is 9.90. The number of likely N-dealkylation sites (tertiary alicyclic amines) is 1. The summed E-state index contributed by atoms with van der Waals surface area (Å²) in [4.78, 5) is 33.7. The Balaban J connectivity index is 0.00000272. The van der Waals surface area contributed by atoms with Crippen LogP contribution in [-0.4, -0.2) is 46.1 Å². The Hall–Kier alpha value is -2.16. The van der Waals surface area contributed by atoms with E-state index in [1.807, 2.05) is 31.3 Å². The molecule has 0 radical (unpaired) electrons. The van der Waals surface area contributed by atoms with Gasteiger partial charge in [-0.3, -0.25) is 9.69 Å². The summed E-state index contributed by atoms with van der Waals surface area (Å²) in [6, 6.07) is 5.46. The van der Waals surface area contributed by atoms with Crippen LogP contribution in [0.5, 0.6) is 0 Å². The lowest BCUT2D eigenvalue weighted by molar-refractivity contribution is -0.117. The van der Waals surface area contributed by atoms with Crippen LogP contribution in [0.2, 0.25) is 0 Å². The van der Waals surface area contributed by atoms with Crippen LogP contribution >= 0.6 is 23.7 Å². The number of carboxylic acid groups (broad SMARTS) is 1. The molecule has 0 aliphatic carbocycles. The first-order valence-corrected chi connectivity index (χ1v) is 11.3. The third-order valence-electron chi connectivity index (χ3n) is 5.95. The third kappa shape index (κ3) is 5.19. The van der Waals surface area contributed by atoms with E-state index < -0.39 is 6.09 Å². The summed E-state index contributed by atoms with van der Waals surface area (Å²) in [7, 11) is 0. The largest absolute Gasteiger partial charge is 0.465 e. The Morgan fingerprint density at radius 3 is 2.68 bits per heavy atom. The molecular formula is C22H29ClN4O3S. The van der Waals surface area contributed by atoms with Crippen molar-refractivity contribution in [1.82, 2.24) is 15.2 Å². The van der Waals surface area contributed by atoms with E-state index in [1.54, 1.807) is 23.2 Å². The topological polar surface area (TPSA) is 85.8 Å². The van der Waals surface area contributed by atoms with E-state index in [0.29, 0.717) is 6.42 Å². The summed E-state index contributed by atoms with van der Waals surface area (Å²) >= 11 is 1.68. The number of carbonyl (C=O) groups is 2. The maximum absolute atomic E-state index is 12.2. The number of rotatable bonds is 4. The van der Waals surface area contributed by atoms with Crippen LogP contribution in [0.4, 0.5) is 10.5 Å². The van der Waals surface area contributed by atoms with E-state index in [1.165, 1.54) is 24.1 Å². The van der Waals surface area contributed by atoms with Gasteiger partial charge < -0.3 is 15.3 Å². The molecule has 2 amide bonds. The van der Waals surface area contributed by atoms with Gasteiger partial charge in [-0.1, -0.05) is 6.42 Å². The molecule has 1 aromatic carbocycles. The summed E-state index contributed by atoms with van der Waals surface area (Å²) in [6.07, 6.45) is 5.28. The van der Waals surface area contributed by atoms with E-state index in [4.69, 9.17) is 0 Å². The van der Waals surface area contributed by atoms with E-state index in [2.05, 4.69) is 15.2 Å². The van der Waals surface area contributed by atoms with Crippen molar-refractivity contribution in [1.29, 1.82) is 0 Å². The zero-order valence-electron chi connectivity index (χ0n) is 17.8. The number of nitrogens with one attached hydrogen (secondary N) is 1. The molecule has 2 aliphatic heterocycles. The van der Waals surface area contributed by atoms with Crippen LogP contribution in [0, 0.1) is 0 Å². The smallest absolute Gasteiger partial charge is 0.405 e. The Morgan fingerprint density at radius 2 is 2.00 bits per heavy atom. The predicted octanol–water partition coefficient (Wildman–Crippen LogP) is 4.67. The quantitative estimate of drug-likeness (QED) is 0.686. The van der Waals surface area contributed by atoms with Gasteiger partial charge in [0.15, 0.2) is 0 Å². The van der Waals surface area contributed by atoms with Gasteiger partial charge >= 0.3 is 6.09 Å². The molecule has 0 unspecified atom stereocenters. The molecule has 1 fully saturated rings. The van der Waals surface area contributed by atoms with Crippen LogP contribution in [0.25, 0.3) is 10.6 Å². The number of thiazole rings is 1. The molecule has 1 aromatic heterocycles. The molecule has 31 heavy (non-hydrogen) atoms. The highest BCUT2D eigenvalue weighted by Gasteiger charge is 2.33. The molecule has 0 bridgehead atoms. The van der Waals surface area contributed by atoms with Gasteiger partial charge in [-0.25, -0.2) is 9.78 Å². The minimum atomic E-state index is -1.06. The number of amides is 2. The number of fused-ring (bicyclic) bond motifs is 1. The molecule has 1 saturated heterocycles. The maximum Gasteiger partial charge on any atom is 0.405 e. The van der Waals surface area contributed by atoms with Crippen molar-refractivity contribution >= 4 is 41.4 Å². The fraction of sp³-hybridized carbons (Fsp3) is 0.500. The van der Waals surface area contributed by atoms with Crippen molar-refractivity contribution in [3.05, 3.63) is 34.8 Å². The van der Waals surface area contributed by atoms with E-state index >= 15 is 0 Å². The van der Waals surface area contributed by atoms with Gasteiger partial charge in [0.1, 0.15) is 5.01 Å². The maximum atomic E-state index is 12.2. The average Bonchev–Trinajstić information content (AvgIpc) is 3.16. The average molecular weight is 465 g/mol. The molecule has 2 aromatic rings. The van der Waals surface area contributed by atoms with Crippen LogP contribution in [-0.2, 0) is 11.3 Å². The second-order valence-electron chi connectivity index (χ2n) is 8.22. The Kier molecular flexibility index (Phi) is 7.56.